The van der Waals surface area contributed by atoms with Gasteiger partial charge in [-0.15, -0.1) is 0 Å². The average Bonchev–Trinajstić information content (AvgIpc) is 2.81. The minimum atomic E-state index is -0.164. The topological polar surface area (TPSA) is 84.9 Å². The maximum Gasteiger partial charge on any atom is 0.274 e. The minimum absolute atomic E-state index is 0.0919. The van der Waals surface area contributed by atoms with Crippen molar-refractivity contribution in [1.29, 1.82) is 0 Å². The number of aromatic nitrogens is 2. The van der Waals surface area contributed by atoms with E-state index in [0.29, 0.717) is 55.9 Å². The van der Waals surface area contributed by atoms with Gasteiger partial charge in [-0.2, -0.15) is 0 Å². The number of amides is 2. The number of ether oxygens (including phenoxy) is 2. The van der Waals surface area contributed by atoms with E-state index in [1.165, 1.54) is 18.6 Å². The number of hydrogen-bond acceptors (Lipinski definition) is 6. The summed E-state index contributed by atoms with van der Waals surface area (Å²) < 4.78 is 11.2. The lowest BCUT2D eigenvalue weighted by molar-refractivity contribution is -0.127. The van der Waals surface area contributed by atoms with Gasteiger partial charge in [0.05, 0.1) is 19.9 Å². The standard InChI is InChI=1S/C23H28N4O4/c1-17(2)16-31-20-6-4-18(14-21(20)30-3)5-7-22(28)26-10-12-27(13-11-26)23(29)19-15-24-8-9-25-19/h4-9,14-15,17H,10-13,16H2,1-3H3/b7-5+. The van der Waals surface area contributed by atoms with E-state index < -0.39 is 0 Å². The highest BCUT2D eigenvalue weighted by atomic mass is 16.5. The zero-order chi connectivity index (χ0) is 22.2. The van der Waals surface area contributed by atoms with Crippen LogP contribution in [0.3, 0.4) is 0 Å². The number of benzene rings is 1. The van der Waals surface area contributed by atoms with Crippen LogP contribution in [0.25, 0.3) is 6.08 Å². The number of carbonyl (C=O) groups is 2. The number of methoxy groups -OCH3 is 1. The van der Waals surface area contributed by atoms with Gasteiger partial charge in [0, 0.05) is 44.6 Å². The summed E-state index contributed by atoms with van der Waals surface area (Å²) in [4.78, 5) is 36.4. The van der Waals surface area contributed by atoms with Gasteiger partial charge in [-0.3, -0.25) is 14.6 Å². The molecule has 0 unspecified atom stereocenters. The molecule has 0 radical (unpaired) electrons. The van der Waals surface area contributed by atoms with Crippen molar-refractivity contribution < 1.29 is 19.1 Å². The van der Waals surface area contributed by atoms with E-state index in [0.717, 1.165) is 5.56 Å². The van der Waals surface area contributed by atoms with Gasteiger partial charge in [0.2, 0.25) is 5.91 Å². The van der Waals surface area contributed by atoms with Crippen molar-refractivity contribution in [3.8, 4) is 11.5 Å². The van der Waals surface area contributed by atoms with E-state index in [9.17, 15) is 9.59 Å². The van der Waals surface area contributed by atoms with Crippen LogP contribution in [0.15, 0.2) is 42.9 Å². The smallest absolute Gasteiger partial charge is 0.274 e. The lowest BCUT2D eigenvalue weighted by Crippen LogP contribution is -2.50. The predicted molar refractivity (Wildman–Crippen MR) is 117 cm³/mol. The van der Waals surface area contributed by atoms with Gasteiger partial charge >= 0.3 is 0 Å². The fourth-order valence-corrected chi connectivity index (χ4v) is 3.14. The Labute approximate surface area is 182 Å². The molecule has 3 rings (SSSR count). The average molecular weight is 425 g/mol. The van der Waals surface area contributed by atoms with Gasteiger partial charge in [0.15, 0.2) is 11.5 Å². The Balaban J connectivity index is 1.55. The molecule has 2 heterocycles. The van der Waals surface area contributed by atoms with E-state index in [2.05, 4.69) is 23.8 Å². The maximum absolute atomic E-state index is 12.6. The second-order valence-corrected chi connectivity index (χ2v) is 7.66. The Hall–Kier alpha value is -3.42. The van der Waals surface area contributed by atoms with Crippen LogP contribution in [0.4, 0.5) is 0 Å². The van der Waals surface area contributed by atoms with Gasteiger partial charge in [0.25, 0.3) is 5.91 Å². The van der Waals surface area contributed by atoms with Crippen molar-refractivity contribution in [3.05, 3.63) is 54.1 Å². The van der Waals surface area contributed by atoms with E-state index in [1.54, 1.807) is 29.1 Å². The molecule has 1 aromatic carbocycles. The summed E-state index contributed by atoms with van der Waals surface area (Å²) in [6, 6.07) is 5.58. The lowest BCUT2D eigenvalue weighted by atomic mass is 10.1. The normalized spacial score (nSPS) is 14.2. The molecule has 0 saturated carbocycles. The Morgan fingerprint density at radius 1 is 1.10 bits per heavy atom. The van der Waals surface area contributed by atoms with Crippen LogP contribution in [0.5, 0.6) is 11.5 Å². The molecule has 2 aromatic rings. The van der Waals surface area contributed by atoms with Crippen LogP contribution in [0, 0.1) is 5.92 Å². The van der Waals surface area contributed by atoms with Crippen molar-refractivity contribution in [2.75, 3.05) is 39.9 Å². The Bertz CT molecular complexity index is 922. The molecule has 8 nitrogen and oxygen atoms in total. The summed E-state index contributed by atoms with van der Waals surface area (Å²) >= 11 is 0. The molecule has 0 aliphatic carbocycles. The highest BCUT2D eigenvalue weighted by Gasteiger charge is 2.24. The highest BCUT2D eigenvalue weighted by Crippen LogP contribution is 2.29. The lowest BCUT2D eigenvalue weighted by Gasteiger charge is -2.34. The third-order valence-electron chi connectivity index (χ3n) is 4.84. The first-order chi connectivity index (χ1) is 15.0. The van der Waals surface area contributed by atoms with Crippen molar-refractivity contribution in [1.82, 2.24) is 19.8 Å². The molecule has 8 heteroatoms. The first kappa shape index (κ1) is 22.3. The fourth-order valence-electron chi connectivity index (χ4n) is 3.14. The number of hydrogen-bond donors (Lipinski definition) is 0. The summed E-state index contributed by atoms with van der Waals surface area (Å²) in [6.45, 7) is 6.65. The molecule has 0 bridgehead atoms. The zero-order valence-electron chi connectivity index (χ0n) is 18.2. The molecule has 0 N–H and O–H groups in total. The first-order valence-electron chi connectivity index (χ1n) is 10.3. The summed E-state index contributed by atoms with van der Waals surface area (Å²) in [7, 11) is 1.60. The van der Waals surface area contributed by atoms with Crippen LogP contribution in [0.2, 0.25) is 0 Å². The Morgan fingerprint density at radius 2 is 1.84 bits per heavy atom. The molecule has 1 saturated heterocycles. The predicted octanol–water partition coefficient (Wildman–Crippen LogP) is 2.52. The monoisotopic (exact) mass is 424 g/mol. The van der Waals surface area contributed by atoms with Crippen molar-refractivity contribution in [2.24, 2.45) is 5.92 Å². The van der Waals surface area contributed by atoms with Crippen molar-refractivity contribution >= 4 is 17.9 Å². The Kier molecular flexibility index (Phi) is 7.59. The van der Waals surface area contributed by atoms with Crippen LogP contribution in [0.1, 0.15) is 29.9 Å². The first-order valence-corrected chi connectivity index (χ1v) is 10.3. The van der Waals surface area contributed by atoms with Gasteiger partial charge in [-0.1, -0.05) is 19.9 Å². The quantitative estimate of drug-likeness (QED) is 0.635. The number of piperazine rings is 1. The van der Waals surface area contributed by atoms with Gasteiger partial charge < -0.3 is 19.3 Å². The molecule has 0 spiro atoms. The Morgan fingerprint density at radius 3 is 2.48 bits per heavy atom. The zero-order valence-corrected chi connectivity index (χ0v) is 18.2. The van der Waals surface area contributed by atoms with E-state index in [4.69, 9.17) is 9.47 Å². The SMILES string of the molecule is COc1cc(/C=C/C(=O)N2CCN(C(=O)c3cnccn3)CC2)ccc1OCC(C)C. The third-order valence-corrected chi connectivity index (χ3v) is 4.84. The van der Waals surface area contributed by atoms with Crippen molar-refractivity contribution in [2.45, 2.75) is 13.8 Å². The molecule has 164 valence electrons. The fraction of sp³-hybridized carbons (Fsp3) is 0.391. The molecular weight excluding hydrogens is 396 g/mol. The third kappa shape index (κ3) is 6.04. The molecule has 31 heavy (non-hydrogen) atoms. The largest absolute Gasteiger partial charge is 0.493 e. The van der Waals surface area contributed by atoms with Crippen molar-refractivity contribution in [3.63, 3.8) is 0 Å². The van der Waals surface area contributed by atoms with Gasteiger partial charge in [-0.05, 0) is 29.7 Å². The molecule has 1 aliphatic heterocycles. The molecule has 0 atom stereocenters. The van der Waals surface area contributed by atoms with Gasteiger partial charge in [0.1, 0.15) is 5.69 Å². The summed E-state index contributed by atoms with van der Waals surface area (Å²) in [5, 5.41) is 0. The summed E-state index contributed by atoms with van der Waals surface area (Å²) in [6.07, 6.45) is 7.78. The minimum Gasteiger partial charge on any atom is -0.493 e. The van der Waals surface area contributed by atoms with Crippen LogP contribution >= 0.6 is 0 Å². The summed E-state index contributed by atoms with van der Waals surface area (Å²) in [5.74, 6) is 1.47. The second kappa shape index (κ2) is 10.6. The molecule has 2 amide bonds. The number of rotatable bonds is 7. The van der Waals surface area contributed by atoms with E-state index in [-0.39, 0.29) is 11.8 Å². The van der Waals surface area contributed by atoms with E-state index >= 15 is 0 Å². The number of carbonyl (C=O) groups excluding carboxylic acids is 2. The van der Waals surface area contributed by atoms with Gasteiger partial charge in [-0.25, -0.2) is 4.98 Å². The summed E-state index contributed by atoms with van der Waals surface area (Å²) in [5.41, 5.74) is 1.16. The van der Waals surface area contributed by atoms with Crippen LogP contribution in [-0.2, 0) is 4.79 Å². The highest BCUT2D eigenvalue weighted by molar-refractivity contribution is 5.93. The molecular formula is C23H28N4O4. The van der Waals surface area contributed by atoms with E-state index in [1.807, 2.05) is 18.2 Å². The molecule has 1 aromatic heterocycles. The maximum atomic E-state index is 12.6. The molecule has 1 fully saturated rings. The van der Waals surface area contributed by atoms with Crippen LogP contribution in [-0.4, -0.2) is 71.5 Å². The second-order valence-electron chi connectivity index (χ2n) is 7.66. The molecule has 1 aliphatic rings. The van der Waals surface area contributed by atoms with Crippen LogP contribution < -0.4 is 9.47 Å². The number of nitrogens with zero attached hydrogens (tertiary/aromatic N) is 4.